The number of carbonyl (C=O) groups excluding carboxylic acids is 1. The van der Waals surface area contributed by atoms with Crippen molar-refractivity contribution in [2.75, 3.05) is 38.2 Å². The molecule has 0 N–H and O–H groups in total. The standard InChI is InChI=1S/C20H20BrN3O2S/c1-13-6-7-16(26-2)17-18(13)27-20(22-17)24-10-8-23(9-11-24)19(25)14-4-3-5-15(21)12-14/h3-7,12H,8-11H2,1-2H3. The highest BCUT2D eigenvalue weighted by atomic mass is 79.9. The molecule has 1 aromatic heterocycles. The number of hydrogen-bond donors (Lipinski definition) is 0. The van der Waals surface area contributed by atoms with Crippen LogP contribution in [0, 0.1) is 6.92 Å². The quantitative estimate of drug-likeness (QED) is 0.601. The molecular weight excluding hydrogens is 426 g/mol. The maximum atomic E-state index is 12.7. The van der Waals surface area contributed by atoms with Gasteiger partial charge in [-0.25, -0.2) is 4.98 Å². The molecule has 0 unspecified atom stereocenters. The van der Waals surface area contributed by atoms with Gasteiger partial charge in [-0.1, -0.05) is 39.4 Å². The van der Waals surface area contributed by atoms with E-state index in [4.69, 9.17) is 9.72 Å². The molecule has 4 rings (SSSR count). The highest BCUT2D eigenvalue weighted by Gasteiger charge is 2.24. The Morgan fingerprint density at radius 1 is 1.19 bits per heavy atom. The van der Waals surface area contributed by atoms with Crippen LogP contribution in [0.4, 0.5) is 5.13 Å². The lowest BCUT2D eigenvalue weighted by Gasteiger charge is -2.34. The smallest absolute Gasteiger partial charge is 0.254 e. The van der Waals surface area contributed by atoms with E-state index in [9.17, 15) is 4.79 Å². The van der Waals surface area contributed by atoms with Crippen molar-refractivity contribution in [1.29, 1.82) is 0 Å². The van der Waals surface area contributed by atoms with Crippen LogP contribution in [-0.4, -0.2) is 49.1 Å². The average Bonchev–Trinajstić information content (AvgIpc) is 3.14. The number of rotatable bonds is 3. The number of anilines is 1. The fourth-order valence-corrected chi connectivity index (χ4v) is 4.81. The summed E-state index contributed by atoms with van der Waals surface area (Å²) in [5, 5.41) is 0.993. The van der Waals surface area contributed by atoms with Crippen LogP contribution in [0.15, 0.2) is 40.9 Å². The Balaban J connectivity index is 1.50. The molecule has 1 aliphatic rings. The number of hydrogen-bond acceptors (Lipinski definition) is 5. The molecule has 2 aromatic carbocycles. The Labute approximate surface area is 170 Å². The van der Waals surface area contributed by atoms with Gasteiger partial charge in [-0.05, 0) is 36.8 Å². The molecule has 3 aromatic rings. The third-order valence-corrected chi connectivity index (χ3v) is 6.57. The van der Waals surface area contributed by atoms with Crippen LogP contribution >= 0.6 is 27.3 Å². The lowest BCUT2D eigenvalue weighted by molar-refractivity contribution is 0.0746. The second kappa shape index (κ2) is 7.48. The zero-order valence-corrected chi connectivity index (χ0v) is 17.6. The van der Waals surface area contributed by atoms with E-state index in [1.54, 1.807) is 18.4 Å². The van der Waals surface area contributed by atoms with Crippen LogP contribution in [0.2, 0.25) is 0 Å². The predicted octanol–water partition coefficient (Wildman–Crippen LogP) is 4.34. The SMILES string of the molecule is COc1ccc(C)c2sc(N3CCN(C(=O)c4cccc(Br)c4)CC3)nc12. The van der Waals surface area contributed by atoms with E-state index in [2.05, 4.69) is 33.8 Å². The van der Waals surface area contributed by atoms with Crippen LogP contribution < -0.4 is 9.64 Å². The first kappa shape index (κ1) is 18.3. The number of aromatic nitrogens is 1. The van der Waals surface area contributed by atoms with Crippen molar-refractivity contribution in [2.24, 2.45) is 0 Å². The molecule has 140 valence electrons. The highest BCUT2D eigenvalue weighted by molar-refractivity contribution is 9.10. The van der Waals surface area contributed by atoms with Crippen molar-refractivity contribution in [1.82, 2.24) is 9.88 Å². The Kier molecular flexibility index (Phi) is 5.06. The normalized spacial score (nSPS) is 14.6. The summed E-state index contributed by atoms with van der Waals surface area (Å²) < 4.78 is 7.55. The van der Waals surface area contributed by atoms with Crippen molar-refractivity contribution in [3.63, 3.8) is 0 Å². The molecule has 0 radical (unpaired) electrons. The molecule has 1 saturated heterocycles. The first-order valence-corrected chi connectivity index (χ1v) is 10.4. The molecular formula is C20H20BrN3O2S. The van der Waals surface area contributed by atoms with Gasteiger partial charge in [0.2, 0.25) is 0 Å². The fourth-order valence-electron chi connectivity index (χ4n) is 3.30. The van der Waals surface area contributed by atoms with Crippen LogP contribution in [-0.2, 0) is 0 Å². The van der Waals surface area contributed by atoms with E-state index in [0.29, 0.717) is 13.1 Å². The largest absolute Gasteiger partial charge is 0.494 e. The van der Waals surface area contributed by atoms with Gasteiger partial charge in [0, 0.05) is 36.2 Å². The van der Waals surface area contributed by atoms with Gasteiger partial charge in [0.25, 0.3) is 5.91 Å². The molecule has 0 atom stereocenters. The number of halogens is 1. The summed E-state index contributed by atoms with van der Waals surface area (Å²) in [6.45, 7) is 5.04. The second-order valence-corrected chi connectivity index (χ2v) is 8.44. The molecule has 7 heteroatoms. The summed E-state index contributed by atoms with van der Waals surface area (Å²) in [7, 11) is 1.68. The number of nitrogens with zero attached hydrogens (tertiary/aromatic N) is 3. The first-order valence-electron chi connectivity index (χ1n) is 8.81. The monoisotopic (exact) mass is 445 g/mol. The Bertz CT molecular complexity index is 996. The van der Waals surface area contributed by atoms with Gasteiger partial charge in [-0.2, -0.15) is 0 Å². The number of aryl methyl sites for hydroxylation is 1. The zero-order chi connectivity index (χ0) is 19.0. The van der Waals surface area contributed by atoms with Crippen LogP contribution in [0.3, 0.4) is 0 Å². The lowest BCUT2D eigenvalue weighted by atomic mass is 10.2. The minimum atomic E-state index is 0.0813. The number of thiazole rings is 1. The molecule has 1 fully saturated rings. The molecule has 1 aliphatic heterocycles. The summed E-state index contributed by atoms with van der Waals surface area (Å²) >= 11 is 5.13. The zero-order valence-electron chi connectivity index (χ0n) is 15.2. The van der Waals surface area contributed by atoms with E-state index >= 15 is 0 Å². The van der Waals surface area contributed by atoms with Crippen molar-refractivity contribution < 1.29 is 9.53 Å². The topological polar surface area (TPSA) is 45.7 Å². The van der Waals surface area contributed by atoms with Crippen molar-refractivity contribution in [3.05, 3.63) is 52.0 Å². The Morgan fingerprint density at radius 2 is 1.96 bits per heavy atom. The molecule has 0 bridgehead atoms. The minimum Gasteiger partial charge on any atom is -0.494 e. The van der Waals surface area contributed by atoms with Crippen molar-refractivity contribution in [2.45, 2.75) is 6.92 Å². The van der Waals surface area contributed by atoms with Gasteiger partial charge in [0.15, 0.2) is 5.13 Å². The number of ether oxygens (including phenoxy) is 1. The highest BCUT2D eigenvalue weighted by Crippen LogP contribution is 2.36. The summed E-state index contributed by atoms with van der Waals surface area (Å²) in [5.41, 5.74) is 2.85. The third kappa shape index (κ3) is 3.53. The first-order chi connectivity index (χ1) is 13.1. The number of carbonyl (C=O) groups is 1. The van der Waals surface area contributed by atoms with E-state index in [1.165, 1.54) is 5.56 Å². The molecule has 5 nitrogen and oxygen atoms in total. The Morgan fingerprint density at radius 3 is 2.67 bits per heavy atom. The summed E-state index contributed by atoms with van der Waals surface area (Å²) in [6.07, 6.45) is 0. The number of benzene rings is 2. The molecule has 0 aliphatic carbocycles. The maximum Gasteiger partial charge on any atom is 0.254 e. The Hall–Kier alpha value is -2.12. The van der Waals surface area contributed by atoms with Gasteiger partial charge in [0.05, 0.1) is 11.8 Å². The molecule has 27 heavy (non-hydrogen) atoms. The van der Waals surface area contributed by atoms with Gasteiger partial charge in [-0.15, -0.1) is 0 Å². The number of methoxy groups -OCH3 is 1. The van der Waals surface area contributed by atoms with E-state index in [0.717, 1.165) is 44.2 Å². The summed E-state index contributed by atoms with van der Waals surface area (Å²) in [4.78, 5) is 21.7. The predicted molar refractivity (Wildman–Crippen MR) is 113 cm³/mol. The summed E-state index contributed by atoms with van der Waals surface area (Å²) in [6, 6.07) is 11.6. The lowest BCUT2D eigenvalue weighted by Crippen LogP contribution is -2.48. The molecule has 1 amide bonds. The minimum absolute atomic E-state index is 0.0813. The van der Waals surface area contributed by atoms with E-state index in [1.807, 2.05) is 35.2 Å². The second-order valence-electron chi connectivity index (χ2n) is 6.55. The average molecular weight is 446 g/mol. The molecule has 2 heterocycles. The molecule has 0 saturated carbocycles. The van der Waals surface area contributed by atoms with Crippen LogP contribution in [0.1, 0.15) is 15.9 Å². The van der Waals surface area contributed by atoms with E-state index in [-0.39, 0.29) is 5.91 Å². The van der Waals surface area contributed by atoms with Gasteiger partial charge >= 0.3 is 0 Å². The summed E-state index contributed by atoms with van der Waals surface area (Å²) in [5.74, 6) is 0.888. The molecule has 0 spiro atoms. The van der Waals surface area contributed by atoms with Crippen LogP contribution in [0.25, 0.3) is 10.2 Å². The maximum absolute atomic E-state index is 12.7. The number of fused-ring (bicyclic) bond motifs is 1. The van der Waals surface area contributed by atoms with Gasteiger partial charge < -0.3 is 14.5 Å². The van der Waals surface area contributed by atoms with E-state index < -0.39 is 0 Å². The van der Waals surface area contributed by atoms with Gasteiger partial charge in [0.1, 0.15) is 11.3 Å². The van der Waals surface area contributed by atoms with Crippen LogP contribution in [0.5, 0.6) is 5.75 Å². The van der Waals surface area contributed by atoms with Crippen molar-refractivity contribution in [3.8, 4) is 5.75 Å². The third-order valence-electron chi connectivity index (χ3n) is 4.82. The van der Waals surface area contributed by atoms with Crippen molar-refractivity contribution >= 4 is 48.5 Å². The fraction of sp³-hybridized carbons (Fsp3) is 0.300. The number of piperazine rings is 1. The van der Waals surface area contributed by atoms with Gasteiger partial charge in [-0.3, -0.25) is 4.79 Å². The number of amides is 1.